The van der Waals surface area contributed by atoms with E-state index in [0.717, 1.165) is 25.8 Å². The van der Waals surface area contributed by atoms with Crippen LogP contribution in [0.25, 0.3) is 0 Å². The summed E-state index contributed by atoms with van der Waals surface area (Å²) in [6, 6.07) is 0. The van der Waals surface area contributed by atoms with Gasteiger partial charge >= 0.3 is 6.36 Å². The van der Waals surface area contributed by atoms with Gasteiger partial charge in [-0.05, 0) is 33.0 Å². The second kappa shape index (κ2) is 7.90. The zero-order chi connectivity index (χ0) is 11.7. The Bertz CT molecular complexity index is 153. The molecule has 0 aliphatic rings. The molecule has 0 heterocycles. The van der Waals surface area contributed by atoms with E-state index in [2.05, 4.69) is 4.74 Å². The van der Waals surface area contributed by atoms with Crippen LogP contribution in [0.4, 0.5) is 13.2 Å². The third-order valence-corrected chi connectivity index (χ3v) is 1.98. The summed E-state index contributed by atoms with van der Waals surface area (Å²) in [6.07, 6.45) is -1.58. The Hall–Kier alpha value is -0.330. The quantitative estimate of drug-likeness (QED) is 0.641. The van der Waals surface area contributed by atoms with E-state index < -0.39 is 6.36 Å². The molecule has 6 heteroatoms. The minimum Gasteiger partial charge on any atom is -0.330 e. The van der Waals surface area contributed by atoms with Crippen molar-refractivity contribution < 1.29 is 17.9 Å². The summed E-state index contributed by atoms with van der Waals surface area (Å²) in [4.78, 5) is 1.82. The van der Waals surface area contributed by atoms with Crippen molar-refractivity contribution in [3.63, 3.8) is 0 Å². The van der Waals surface area contributed by atoms with Crippen LogP contribution in [0.15, 0.2) is 0 Å². The second-order valence-electron chi connectivity index (χ2n) is 3.45. The molecule has 0 atom stereocenters. The van der Waals surface area contributed by atoms with Crippen molar-refractivity contribution in [3.8, 4) is 0 Å². The summed E-state index contributed by atoms with van der Waals surface area (Å²) in [5, 5.41) is 0. The standard InChI is InChI=1S/C9H19F3N2O/c1-14(6-4-2-3-5-13)7-8-15-9(10,11)12/h2-8,13H2,1H3. The minimum absolute atomic E-state index is 0.294. The third kappa shape index (κ3) is 11.6. The first kappa shape index (κ1) is 14.7. The molecule has 0 fully saturated rings. The Labute approximate surface area is 88.4 Å². The van der Waals surface area contributed by atoms with E-state index in [0.29, 0.717) is 13.1 Å². The highest BCUT2D eigenvalue weighted by Gasteiger charge is 2.28. The first-order chi connectivity index (χ1) is 6.95. The van der Waals surface area contributed by atoms with Crippen LogP contribution in [0.1, 0.15) is 19.3 Å². The molecule has 2 N–H and O–H groups in total. The molecule has 0 saturated carbocycles. The van der Waals surface area contributed by atoms with Gasteiger partial charge in [-0.15, -0.1) is 13.2 Å². The van der Waals surface area contributed by atoms with Crippen LogP contribution in [-0.4, -0.2) is 44.6 Å². The van der Waals surface area contributed by atoms with E-state index in [1.807, 2.05) is 4.90 Å². The average molecular weight is 228 g/mol. The van der Waals surface area contributed by atoms with Crippen molar-refractivity contribution in [2.75, 3.05) is 33.3 Å². The largest absolute Gasteiger partial charge is 0.522 e. The molecule has 0 aromatic carbocycles. The molecule has 0 saturated heterocycles. The number of hydrogen-bond donors (Lipinski definition) is 1. The van der Waals surface area contributed by atoms with E-state index in [1.165, 1.54) is 0 Å². The highest BCUT2D eigenvalue weighted by atomic mass is 19.4. The normalized spacial score (nSPS) is 12.4. The summed E-state index contributed by atoms with van der Waals surface area (Å²) < 4.78 is 38.5. The van der Waals surface area contributed by atoms with Crippen molar-refractivity contribution in [3.05, 3.63) is 0 Å². The van der Waals surface area contributed by atoms with E-state index in [-0.39, 0.29) is 6.61 Å². The van der Waals surface area contributed by atoms with Gasteiger partial charge in [0.15, 0.2) is 0 Å². The summed E-state index contributed by atoms with van der Waals surface area (Å²) >= 11 is 0. The third-order valence-electron chi connectivity index (χ3n) is 1.98. The van der Waals surface area contributed by atoms with Crippen molar-refractivity contribution in [1.29, 1.82) is 0 Å². The maximum Gasteiger partial charge on any atom is 0.522 e. The summed E-state index contributed by atoms with van der Waals surface area (Å²) in [5.41, 5.74) is 5.31. The maximum atomic E-state index is 11.6. The van der Waals surface area contributed by atoms with Crippen LogP contribution >= 0.6 is 0 Å². The Balaban J connectivity index is 3.29. The Morgan fingerprint density at radius 3 is 2.33 bits per heavy atom. The molecule has 0 aromatic rings. The van der Waals surface area contributed by atoms with Crippen LogP contribution in [0, 0.1) is 0 Å². The molecule has 0 aromatic heterocycles. The smallest absolute Gasteiger partial charge is 0.330 e. The molecule has 15 heavy (non-hydrogen) atoms. The number of hydrogen-bond acceptors (Lipinski definition) is 3. The molecule has 0 spiro atoms. The lowest BCUT2D eigenvalue weighted by Crippen LogP contribution is -2.27. The minimum atomic E-state index is -4.51. The fourth-order valence-electron chi connectivity index (χ4n) is 1.13. The number of alkyl halides is 3. The lowest BCUT2D eigenvalue weighted by atomic mass is 10.2. The topological polar surface area (TPSA) is 38.5 Å². The number of ether oxygens (including phenoxy) is 1. The van der Waals surface area contributed by atoms with Crippen molar-refractivity contribution >= 4 is 0 Å². The molecule has 0 radical (unpaired) electrons. The summed E-state index contributed by atoms with van der Waals surface area (Å²) in [7, 11) is 1.78. The molecular weight excluding hydrogens is 209 g/mol. The number of nitrogens with two attached hydrogens (primary N) is 1. The van der Waals surface area contributed by atoms with Gasteiger partial charge in [-0.3, -0.25) is 4.74 Å². The van der Waals surface area contributed by atoms with Gasteiger partial charge < -0.3 is 10.6 Å². The van der Waals surface area contributed by atoms with Gasteiger partial charge in [-0.2, -0.15) is 0 Å². The SMILES string of the molecule is CN(CCCCCN)CCOC(F)(F)F. The van der Waals surface area contributed by atoms with Gasteiger partial charge in [0, 0.05) is 6.54 Å². The summed E-state index contributed by atoms with van der Waals surface area (Å²) in [6.45, 7) is 1.43. The van der Waals surface area contributed by atoms with Crippen LogP contribution < -0.4 is 5.73 Å². The Kier molecular flexibility index (Phi) is 7.72. The molecule has 0 unspecified atom stereocenters. The van der Waals surface area contributed by atoms with Crippen LogP contribution in [0.3, 0.4) is 0 Å². The van der Waals surface area contributed by atoms with E-state index in [1.54, 1.807) is 7.05 Å². The number of halogens is 3. The first-order valence-electron chi connectivity index (χ1n) is 5.05. The maximum absolute atomic E-state index is 11.6. The molecule has 3 nitrogen and oxygen atoms in total. The van der Waals surface area contributed by atoms with Crippen LogP contribution in [0.5, 0.6) is 0 Å². The van der Waals surface area contributed by atoms with Gasteiger partial charge in [-0.1, -0.05) is 6.42 Å². The number of nitrogens with zero attached hydrogens (tertiary/aromatic N) is 1. The zero-order valence-electron chi connectivity index (χ0n) is 9.02. The fourth-order valence-corrected chi connectivity index (χ4v) is 1.13. The van der Waals surface area contributed by atoms with Gasteiger partial charge in [-0.25, -0.2) is 0 Å². The highest BCUT2D eigenvalue weighted by Crippen LogP contribution is 2.15. The van der Waals surface area contributed by atoms with Gasteiger partial charge in [0.05, 0.1) is 6.61 Å². The highest BCUT2D eigenvalue weighted by molar-refractivity contribution is 4.52. The molecule has 0 amide bonds. The molecule has 0 aliphatic heterocycles. The second-order valence-corrected chi connectivity index (χ2v) is 3.45. The van der Waals surface area contributed by atoms with E-state index in [4.69, 9.17) is 5.73 Å². The Morgan fingerprint density at radius 1 is 1.13 bits per heavy atom. The van der Waals surface area contributed by atoms with Crippen LogP contribution in [0.2, 0.25) is 0 Å². The molecule has 92 valence electrons. The zero-order valence-corrected chi connectivity index (χ0v) is 9.02. The monoisotopic (exact) mass is 228 g/mol. The van der Waals surface area contributed by atoms with Crippen molar-refractivity contribution in [1.82, 2.24) is 4.90 Å². The molecule has 0 aliphatic carbocycles. The van der Waals surface area contributed by atoms with Gasteiger partial charge in [0.2, 0.25) is 0 Å². The molecular formula is C9H19F3N2O. The fraction of sp³-hybridized carbons (Fsp3) is 1.00. The molecule has 0 rings (SSSR count). The number of unbranched alkanes of at least 4 members (excludes halogenated alkanes) is 2. The average Bonchev–Trinajstić information content (AvgIpc) is 2.10. The van der Waals surface area contributed by atoms with Gasteiger partial charge in [0.1, 0.15) is 0 Å². The Morgan fingerprint density at radius 2 is 1.80 bits per heavy atom. The first-order valence-corrected chi connectivity index (χ1v) is 5.05. The van der Waals surface area contributed by atoms with Crippen LogP contribution in [-0.2, 0) is 4.74 Å². The lowest BCUT2D eigenvalue weighted by molar-refractivity contribution is -0.324. The van der Waals surface area contributed by atoms with E-state index in [9.17, 15) is 13.2 Å². The van der Waals surface area contributed by atoms with E-state index >= 15 is 0 Å². The predicted octanol–water partition coefficient (Wildman–Crippen LogP) is 1.58. The predicted molar refractivity (Wildman–Crippen MR) is 52.4 cm³/mol. The van der Waals surface area contributed by atoms with Gasteiger partial charge in [0.25, 0.3) is 0 Å². The summed E-state index contributed by atoms with van der Waals surface area (Å²) in [5.74, 6) is 0. The van der Waals surface area contributed by atoms with Crippen molar-refractivity contribution in [2.45, 2.75) is 25.6 Å². The lowest BCUT2D eigenvalue weighted by Gasteiger charge is -2.16. The number of likely N-dealkylation sites (N-methyl/N-ethyl adjacent to an activating group) is 1. The van der Waals surface area contributed by atoms with Crippen molar-refractivity contribution in [2.24, 2.45) is 5.73 Å². The molecule has 0 bridgehead atoms. The number of rotatable bonds is 8.